The molecule has 3 heteroatoms. The molecule has 0 saturated carbocycles. The van der Waals surface area contributed by atoms with Crippen molar-refractivity contribution in [1.82, 2.24) is 0 Å². The summed E-state index contributed by atoms with van der Waals surface area (Å²) in [7, 11) is 0. The Hall–Kier alpha value is -1.12. The number of rotatable bonds is 4. The monoisotopic (exact) mass is 292 g/mol. The van der Waals surface area contributed by atoms with E-state index in [0.717, 1.165) is 43.2 Å². The third kappa shape index (κ3) is 2.82. The number of hydrogen-bond acceptors (Lipinski definition) is 1. The number of halogens is 2. The Kier molecular flexibility index (Phi) is 4.23. The fraction of sp³-hybridized carbons (Fsp3) is 0.412. The molecule has 106 valence electrons. The lowest BCUT2D eigenvalue weighted by molar-refractivity contribution is 0.102. The molecular formula is C17H18ClFO. The number of benzene rings is 2. The lowest BCUT2D eigenvalue weighted by atomic mass is 9.98. The molecule has 1 aliphatic rings. The average Bonchev–Trinajstić information content (AvgIpc) is 2.99. The van der Waals surface area contributed by atoms with Gasteiger partial charge in [0.15, 0.2) is 0 Å². The summed E-state index contributed by atoms with van der Waals surface area (Å²) in [5.41, 5.74) is 1.02. The van der Waals surface area contributed by atoms with E-state index in [1.54, 1.807) is 6.07 Å². The number of alkyl halides is 1. The van der Waals surface area contributed by atoms with Gasteiger partial charge < -0.3 is 4.74 Å². The van der Waals surface area contributed by atoms with Crippen LogP contribution in [0.5, 0.6) is 0 Å². The highest BCUT2D eigenvalue weighted by Crippen LogP contribution is 2.34. The minimum Gasteiger partial charge on any atom is -0.378 e. The fourth-order valence-corrected chi connectivity index (χ4v) is 3.23. The normalized spacial score (nSPS) is 20.4. The Morgan fingerprint density at radius 3 is 2.75 bits per heavy atom. The van der Waals surface area contributed by atoms with Gasteiger partial charge >= 0.3 is 0 Å². The summed E-state index contributed by atoms with van der Waals surface area (Å²) in [4.78, 5) is 0. The van der Waals surface area contributed by atoms with Gasteiger partial charge in [0.25, 0.3) is 0 Å². The maximum atomic E-state index is 13.8. The molecule has 0 bridgehead atoms. The molecule has 3 rings (SSSR count). The Balaban J connectivity index is 1.80. The first-order valence-electron chi connectivity index (χ1n) is 7.18. The molecule has 0 aliphatic carbocycles. The van der Waals surface area contributed by atoms with Crippen LogP contribution in [0, 0.1) is 5.82 Å². The van der Waals surface area contributed by atoms with Crippen molar-refractivity contribution < 1.29 is 9.13 Å². The van der Waals surface area contributed by atoms with Crippen LogP contribution in [0.3, 0.4) is 0 Å². The molecule has 2 aromatic carbocycles. The smallest absolute Gasteiger partial charge is 0.131 e. The summed E-state index contributed by atoms with van der Waals surface area (Å²) in [5.74, 6) is -0.188. The van der Waals surface area contributed by atoms with E-state index in [0.29, 0.717) is 11.5 Å². The van der Waals surface area contributed by atoms with Crippen molar-refractivity contribution in [3.05, 3.63) is 47.8 Å². The van der Waals surface area contributed by atoms with Gasteiger partial charge in [-0.3, -0.25) is 0 Å². The van der Waals surface area contributed by atoms with E-state index >= 15 is 0 Å². The van der Waals surface area contributed by atoms with E-state index < -0.39 is 0 Å². The van der Waals surface area contributed by atoms with Gasteiger partial charge in [-0.1, -0.05) is 30.3 Å². The molecule has 2 aromatic rings. The summed E-state index contributed by atoms with van der Waals surface area (Å²) in [5, 5.41) is 1.47. The van der Waals surface area contributed by atoms with Crippen LogP contribution in [-0.4, -0.2) is 12.7 Å². The number of fused-ring (bicyclic) bond motifs is 1. The Morgan fingerprint density at radius 2 is 2.00 bits per heavy atom. The second kappa shape index (κ2) is 6.11. The fourth-order valence-electron chi connectivity index (χ4n) is 2.92. The molecule has 1 fully saturated rings. The topological polar surface area (TPSA) is 9.23 Å². The summed E-state index contributed by atoms with van der Waals surface area (Å²) >= 11 is 6.54. The zero-order valence-corrected chi connectivity index (χ0v) is 12.1. The Morgan fingerprint density at radius 1 is 1.20 bits per heavy atom. The minimum absolute atomic E-state index is 0.0929. The molecule has 0 spiro atoms. The predicted octanol–water partition coefficient (Wildman–Crippen LogP) is 5.22. The summed E-state index contributed by atoms with van der Waals surface area (Å²) in [6.07, 6.45) is 4.47. The molecule has 20 heavy (non-hydrogen) atoms. The van der Waals surface area contributed by atoms with Crippen LogP contribution in [0.1, 0.15) is 36.6 Å². The molecular weight excluding hydrogens is 275 g/mol. The second-order valence-corrected chi connectivity index (χ2v) is 5.89. The van der Waals surface area contributed by atoms with Crippen molar-refractivity contribution in [1.29, 1.82) is 0 Å². The zero-order chi connectivity index (χ0) is 13.9. The molecule has 2 atom stereocenters. The molecule has 1 heterocycles. The van der Waals surface area contributed by atoms with Gasteiger partial charge in [0.05, 0.1) is 11.5 Å². The van der Waals surface area contributed by atoms with Gasteiger partial charge in [-0.2, -0.15) is 0 Å². The van der Waals surface area contributed by atoms with Gasteiger partial charge in [-0.05, 0) is 42.7 Å². The molecule has 0 N–H and O–H groups in total. The van der Waals surface area contributed by atoms with Crippen LogP contribution in [0.15, 0.2) is 36.4 Å². The van der Waals surface area contributed by atoms with E-state index in [2.05, 4.69) is 0 Å². The second-order valence-electron chi connectivity index (χ2n) is 5.36. The standard InChI is InChI=1S/C17H18ClFO/c18-16(9-7-12-4-3-11-20-12)14-8-10-17(19)15-6-2-1-5-13(14)15/h1-2,5-6,8,10,12,16H,3-4,7,9,11H2. The first kappa shape index (κ1) is 13.8. The lowest BCUT2D eigenvalue weighted by Crippen LogP contribution is -2.06. The quantitative estimate of drug-likeness (QED) is 0.702. The van der Waals surface area contributed by atoms with Crippen LogP contribution in [0.2, 0.25) is 0 Å². The van der Waals surface area contributed by atoms with Gasteiger partial charge in [-0.15, -0.1) is 11.6 Å². The average molecular weight is 293 g/mol. The maximum absolute atomic E-state index is 13.8. The number of ether oxygens (including phenoxy) is 1. The lowest BCUT2D eigenvalue weighted by Gasteiger charge is -2.15. The minimum atomic E-state index is -0.188. The van der Waals surface area contributed by atoms with Crippen molar-refractivity contribution in [2.24, 2.45) is 0 Å². The van der Waals surface area contributed by atoms with Crippen molar-refractivity contribution in [2.45, 2.75) is 37.2 Å². The highest BCUT2D eigenvalue weighted by Gasteiger charge is 2.19. The largest absolute Gasteiger partial charge is 0.378 e. The van der Waals surface area contributed by atoms with E-state index in [9.17, 15) is 4.39 Å². The third-order valence-corrected chi connectivity index (χ3v) is 4.46. The predicted molar refractivity (Wildman–Crippen MR) is 80.7 cm³/mol. The van der Waals surface area contributed by atoms with E-state index in [1.807, 2.05) is 24.3 Å². The number of hydrogen-bond donors (Lipinski definition) is 0. The SMILES string of the molecule is Fc1ccc(C(Cl)CCC2CCCO2)c2ccccc12. The van der Waals surface area contributed by atoms with Crippen molar-refractivity contribution >= 4 is 22.4 Å². The van der Waals surface area contributed by atoms with Crippen LogP contribution < -0.4 is 0 Å². The molecule has 0 aromatic heterocycles. The van der Waals surface area contributed by atoms with Gasteiger partial charge in [0, 0.05) is 12.0 Å². The van der Waals surface area contributed by atoms with Crippen molar-refractivity contribution in [2.75, 3.05) is 6.61 Å². The molecule has 1 aliphatic heterocycles. The molecule has 2 unspecified atom stereocenters. The van der Waals surface area contributed by atoms with Crippen molar-refractivity contribution in [3.8, 4) is 0 Å². The highest BCUT2D eigenvalue weighted by atomic mass is 35.5. The zero-order valence-electron chi connectivity index (χ0n) is 11.3. The highest BCUT2D eigenvalue weighted by molar-refractivity contribution is 6.21. The summed E-state index contributed by atoms with van der Waals surface area (Å²) in [6, 6.07) is 10.8. The van der Waals surface area contributed by atoms with Crippen LogP contribution in [-0.2, 0) is 4.74 Å². The maximum Gasteiger partial charge on any atom is 0.131 e. The molecule has 1 nitrogen and oxygen atoms in total. The van der Waals surface area contributed by atoms with Crippen LogP contribution >= 0.6 is 11.6 Å². The third-order valence-electron chi connectivity index (χ3n) is 4.01. The van der Waals surface area contributed by atoms with Gasteiger partial charge in [0.2, 0.25) is 0 Å². The Labute approximate surface area is 123 Å². The molecule has 0 amide bonds. The van der Waals surface area contributed by atoms with E-state index in [4.69, 9.17) is 16.3 Å². The van der Waals surface area contributed by atoms with Crippen LogP contribution in [0.25, 0.3) is 10.8 Å². The first-order valence-corrected chi connectivity index (χ1v) is 7.62. The molecule has 0 radical (unpaired) electrons. The van der Waals surface area contributed by atoms with Crippen LogP contribution in [0.4, 0.5) is 4.39 Å². The van der Waals surface area contributed by atoms with Crippen molar-refractivity contribution in [3.63, 3.8) is 0 Å². The van der Waals surface area contributed by atoms with E-state index in [-0.39, 0.29) is 11.2 Å². The summed E-state index contributed by atoms with van der Waals surface area (Å²) in [6.45, 7) is 0.872. The summed E-state index contributed by atoms with van der Waals surface area (Å²) < 4.78 is 19.4. The Bertz CT molecular complexity index is 593. The first-order chi connectivity index (χ1) is 9.75. The van der Waals surface area contributed by atoms with Gasteiger partial charge in [0.1, 0.15) is 5.82 Å². The molecule has 1 saturated heterocycles. The van der Waals surface area contributed by atoms with E-state index in [1.165, 1.54) is 6.07 Å². The van der Waals surface area contributed by atoms with Gasteiger partial charge in [-0.25, -0.2) is 4.39 Å².